The van der Waals surface area contributed by atoms with Gasteiger partial charge in [-0.2, -0.15) is 0 Å². The first kappa shape index (κ1) is 30.2. The van der Waals surface area contributed by atoms with Gasteiger partial charge in [0.1, 0.15) is 12.6 Å². The second-order valence-corrected chi connectivity index (χ2v) is 12.0. The summed E-state index contributed by atoms with van der Waals surface area (Å²) in [4.78, 5) is 28.6. The lowest BCUT2D eigenvalue weighted by Crippen LogP contribution is -2.52. The molecule has 0 unspecified atom stereocenters. The van der Waals surface area contributed by atoms with Crippen LogP contribution < -0.4 is 9.62 Å². The number of hydrogen-bond donors (Lipinski definition) is 1. The Morgan fingerprint density at radius 1 is 0.897 bits per heavy atom. The lowest BCUT2D eigenvalue weighted by Gasteiger charge is -2.33. The molecule has 0 spiro atoms. The topological polar surface area (TPSA) is 86.8 Å². The lowest BCUT2D eigenvalue weighted by atomic mass is 10.1. The van der Waals surface area contributed by atoms with Crippen LogP contribution in [0.1, 0.15) is 43.9 Å². The summed E-state index contributed by atoms with van der Waals surface area (Å²) in [7, 11) is -4.15. The smallest absolute Gasteiger partial charge is 0.264 e. The molecule has 208 valence electrons. The van der Waals surface area contributed by atoms with Gasteiger partial charge in [-0.15, -0.1) is 0 Å². The van der Waals surface area contributed by atoms with Crippen LogP contribution in [0.4, 0.5) is 5.69 Å². The van der Waals surface area contributed by atoms with Crippen LogP contribution in [0.5, 0.6) is 0 Å². The Kier molecular flexibility index (Phi) is 10.2. The zero-order valence-corrected chi connectivity index (χ0v) is 24.6. The Labute approximate surface area is 236 Å². The molecule has 7 nitrogen and oxygen atoms in total. The molecule has 0 saturated carbocycles. The molecule has 0 fully saturated rings. The van der Waals surface area contributed by atoms with E-state index in [0.29, 0.717) is 16.3 Å². The van der Waals surface area contributed by atoms with Gasteiger partial charge >= 0.3 is 0 Å². The van der Waals surface area contributed by atoms with Crippen LogP contribution in [0, 0.1) is 13.8 Å². The molecule has 0 radical (unpaired) electrons. The molecule has 39 heavy (non-hydrogen) atoms. The van der Waals surface area contributed by atoms with Gasteiger partial charge in [0, 0.05) is 17.6 Å². The summed E-state index contributed by atoms with van der Waals surface area (Å²) in [5.41, 5.74) is 2.91. The first-order chi connectivity index (χ1) is 18.4. The number of benzene rings is 3. The Hall–Kier alpha value is -3.36. The molecule has 3 aromatic rings. The van der Waals surface area contributed by atoms with E-state index in [1.165, 1.54) is 29.2 Å². The van der Waals surface area contributed by atoms with Gasteiger partial charge in [-0.1, -0.05) is 61.0 Å². The predicted octanol–water partition coefficient (Wildman–Crippen LogP) is 5.48. The third-order valence-electron chi connectivity index (χ3n) is 6.83. The molecule has 3 aromatic carbocycles. The minimum absolute atomic E-state index is 0.0102. The van der Waals surface area contributed by atoms with Gasteiger partial charge in [0.05, 0.1) is 10.6 Å². The molecule has 3 rings (SSSR count). The first-order valence-corrected chi connectivity index (χ1v) is 14.8. The molecule has 0 saturated heterocycles. The normalized spacial score (nSPS) is 12.9. The summed E-state index contributed by atoms with van der Waals surface area (Å²) in [6, 6.07) is 19.5. The summed E-state index contributed by atoms with van der Waals surface area (Å²) in [5, 5.41) is 3.34. The van der Waals surface area contributed by atoms with Crippen molar-refractivity contribution < 1.29 is 18.0 Å². The summed E-state index contributed by atoms with van der Waals surface area (Å²) < 4.78 is 28.9. The zero-order valence-electron chi connectivity index (χ0n) is 23.0. The fourth-order valence-corrected chi connectivity index (χ4v) is 5.71. The number of sulfonamides is 1. The highest BCUT2D eigenvalue weighted by Gasteiger charge is 2.33. The minimum Gasteiger partial charge on any atom is -0.352 e. The Balaban J connectivity index is 2.05. The Morgan fingerprint density at radius 2 is 1.49 bits per heavy atom. The third-order valence-corrected chi connectivity index (χ3v) is 8.86. The molecular formula is C30H36ClN3O4S. The summed E-state index contributed by atoms with van der Waals surface area (Å²) in [5.74, 6) is -0.792. The number of carbonyl (C=O) groups excluding carboxylic acids is 2. The van der Waals surface area contributed by atoms with Crippen molar-refractivity contribution in [3.63, 3.8) is 0 Å². The maximum Gasteiger partial charge on any atom is 0.264 e. The van der Waals surface area contributed by atoms with E-state index in [2.05, 4.69) is 5.32 Å². The molecule has 9 heteroatoms. The number of halogens is 1. The molecule has 2 amide bonds. The number of nitrogens with zero attached hydrogens (tertiary/aromatic N) is 2. The van der Waals surface area contributed by atoms with Crippen LogP contribution in [0.2, 0.25) is 5.02 Å². The maximum atomic E-state index is 14.0. The van der Waals surface area contributed by atoms with E-state index in [1.807, 2.05) is 45.0 Å². The highest BCUT2D eigenvalue weighted by molar-refractivity contribution is 7.92. The van der Waals surface area contributed by atoms with Gasteiger partial charge in [-0.3, -0.25) is 13.9 Å². The second kappa shape index (κ2) is 13.1. The van der Waals surface area contributed by atoms with Crippen molar-refractivity contribution in [2.45, 2.75) is 64.6 Å². The number of carbonyl (C=O) groups is 2. The average molecular weight is 570 g/mol. The number of nitrogens with one attached hydrogen (secondary N) is 1. The van der Waals surface area contributed by atoms with Crippen LogP contribution >= 0.6 is 11.6 Å². The SMILES string of the molecule is CC[C@H](C)NC(=O)[C@@H](C)N(Cc1ccccc1C)C(=O)CN(c1ccccc1C)S(=O)(=O)c1ccc(Cl)cc1. The molecular weight excluding hydrogens is 534 g/mol. The van der Waals surface area contributed by atoms with Gasteiger partial charge in [0.25, 0.3) is 10.0 Å². The highest BCUT2D eigenvalue weighted by Crippen LogP contribution is 2.28. The molecule has 0 aliphatic rings. The molecule has 0 aliphatic heterocycles. The predicted molar refractivity (Wildman–Crippen MR) is 156 cm³/mol. The molecule has 0 aliphatic carbocycles. The first-order valence-electron chi connectivity index (χ1n) is 12.9. The van der Waals surface area contributed by atoms with Crippen LogP contribution in [-0.2, 0) is 26.2 Å². The quantitative estimate of drug-likeness (QED) is 0.331. The van der Waals surface area contributed by atoms with Crippen molar-refractivity contribution >= 4 is 39.1 Å². The molecule has 0 aromatic heterocycles. The van der Waals surface area contributed by atoms with Gasteiger partial charge < -0.3 is 10.2 Å². The minimum atomic E-state index is -4.15. The van der Waals surface area contributed by atoms with Crippen LogP contribution in [0.25, 0.3) is 0 Å². The van der Waals surface area contributed by atoms with E-state index in [0.717, 1.165) is 21.9 Å². The van der Waals surface area contributed by atoms with Crippen LogP contribution in [-0.4, -0.2) is 43.8 Å². The van der Waals surface area contributed by atoms with E-state index >= 15 is 0 Å². The van der Waals surface area contributed by atoms with Crippen molar-refractivity contribution in [2.24, 2.45) is 0 Å². The van der Waals surface area contributed by atoms with Gasteiger partial charge in [0.15, 0.2) is 0 Å². The van der Waals surface area contributed by atoms with E-state index in [-0.39, 0.29) is 23.4 Å². The third kappa shape index (κ3) is 7.40. The number of para-hydroxylation sites is 1. The monoisotopic (exact) mass is 569 g/mol. The lowest BCUT2D eigenvalue weighted by molar-refractivity contribution is -0.139. The fourth-order valence-electron chi connectivity index (χ4n) is 4.11. The molecule has 0 bridgehead atoms. The van der Waals surface area contributed by atoms with Gasteiger partial charge in [-0.25, -0.2) is 8.42 Å². The zero-order chi connectivity index (χ0) is 28.7. The summed E-state index contributed by atoms with van der Waals surface area (Å²) >= 11 is 6.00. The molecule has 1 N–H and O–H groups in total. The Morgan fingerprint density at radius 3 is 2.08 bits per heavy atom. The molecule has 0 heterocycles. The van der Waals surface area contributed by atoms with Gasteiger partial charge in [-0.05, 0) is 81.1 Å². The van der Waals surface area contributed by atoms with Crippen LogP contribution in [0.3, 0.4) is 0 Å². The average Bonchev–Trinajstić information content (AvgIpc) is 2.91. The standard InChI is InChI=1S/C30H36ClN3O4S/c1-6-23(4)32-30(36)24(5)33(19-25-13-9-7-11-21(25)2)29(35)20-34(28-14-10-8-12-22(28)3)39(37,38)27-17-15-26(31)16-18-27/h7-18,23-24H,6,19-20H2,1-5H3,(H,32,36)/t23-,24+/m0/s1. The number of aryl methyl sites for hydroxylation is 2. The highest BCUT2D eigenvalue weighted by atomic mass is 35.5. The van der Waals surface area contributed by atoms with E-state index in [9.17, 15) is 18.0 Å². The van der Waals surface area contributed by atoms with Crippen molar-refractivity contribution in [1.29, 1.82) is 0 Å². The second-order valence-electron chi connectivity index (χ2n) is 9.69. The number of amides is 2. The van der Waals surface area contributed by atoms with Gasteiger partial charge in [0.2, 0.25) is 11.8 Å². The number of hydrogen-bond acceptors (Lipinski definition) is 4. The largest absolute Gasteiger partial charge is 0.352 e. The van der Waals surface area contributed by atoms with Crippen molar-refractivity contribution in [2.75, 3.05) is 10.8 Å². The number of anilines is 1. The van der Waals surface area contributed by atoms with Crippen molar-refractivity contribution in [1.82, 2.24) is 10.2 Å². The fraction of sp³-hybridized carbons (Fsp3) is 0.333. The van der Waals surface area contributed by atoms with E-state index in [4.69, 9.17) is 11.6 Å². The summed E-state index contributed by atoms with van der Waals surface area (Å²) in [6.45, 7) is 8.93. The van der Waals surface area contributed by atoms with E-state index in [1.54, 1.807) is 38.1 Å². The van der Waals surface area contributed by atoms with Crippen molar-refractivity contribution in [3.8, 4) is 0 Å². The van der Waals surface area contributed by atoms with Crippen molar-refractivity contribution in [3.05, 3.63) is 94.5 Å². The maximum absolute atomic E-state index is 14.0. The number of rotatable bonds is 11. The van der Waals surface area contributed by atoms with E-state index < -0.39 is 28.5 Å². The summed E-state index contributed by atoms with van der Waals surface area (Å²) in [6.07, 6.45) is 0.741. The molecule has 2 atom stereocenters. The van der Waals surface area contributed by atoms with Crippen LogP contribution in [0.15, 0.2) is 77.7 Å². The Bertz CT molecular complexity index is 1410.